The van der Waals surface area contributed by atoms with Crippen molar-refractivity contribution in [2.75, 3.05) is 23.0 Å². The first-order chi connectivity index (χ1) is 9.99. The van der Waals surface area contributed by atoms with Crippen LogP contribution in [0.5, 0.6) is 0 Å². The Kier molecular flexibility index (Phi) is 4.70. The van der Waals surface area contributed by atoms with Gasteiger partial charge in [-0.2, -0.15) is 0 Å². The molecular formula is C16H18ClN3O. The molecule has 0 aliphatic rings. The van der Waals surface area contributed by atoms with Gasteiger partial charge in [0.05, 0.1) is 10.7 Å². The molecule has 0 spiro atoms. The van der Waals surface area contributed by atoms with Gasteiger partial charge >= 0.3 is 0 Å². The number of halogens is 1. The van der Waals surface area contributed by atoms with Crippen LogP contribution in [0.2, 0.25) is 5.02 Å². The topological polar surface area (TPSA) is 58.4 Å². The number of rotatable bonds is 4. The molecule has 0 fully saturated rings. The van der Waals surface area contributed by atoms with E-state index in [4.69, 9.17) is 17.3 Å². The summed E-state index contributed by atoms with van der Waals surface area (Å²) in [6.45, 7) is 1.85. The standard InChI is InChI=1S/C16H18ClN3O/c1-11(20(2)13-6-4-3-5-7-13)16(21)19-12-8-9-14(17)15(18)10-12/h3-11H,18H2,1-2H3,(H,19,21). The molecule has 0 saturated heterocycles. The SMILES string of the molecule is CC(C(=O)Nc1ccc(Cl)c(N)c1)N(C)c1ccccc1. The van der Waals surface area contributed by atoms with Crippen LogP contribution in [0.1, 0.15) is 6.92 Å². The number of hydrogen-bond acceptors (Lipinski definition) is 3. The summed E-state index contributed by atoms with van der Waals surface area (Å²) in [7, 11) is 1.88. The second-order valence-corrected chi connectivity index (χ2v) is 5.26. The van der Waals surface area contributed by atoms with E-state index >= 15 is 0 Å². The Hall–Kier alpha value is -2.20. The third-order valence-electron chi connectivity index (χ3n) is 3.39. The number of amides is 1. The molecule has 2 rings (SSSR count). The van der Waals surface area contributed by atoms with Crippen molar-refractivity contribution in [2.24, 2.45) is 0 Å². The van der Waals surface area contributed by atoms with E-state index in [2.05, 4.69) is 5.32 Å². The predicted octanol–water partition coefficient (Wildman–Crippen LogP) is 3.39. The lowest BCUT2D eigenvalue weighted by molar-refractivity contribution is -0.117. The van der Waals surface area contributed by atoms with Gasteiger partial charge in [0.15, 0.2) is 0 Å². The second kappa shape index (κ2) is 6.50. The van der Waals surface area contributed by atoms with Crippen LogP contribution >= 0.6 is 11.6 Å². The maximum absolute atomic E-state index is 12.3. The average Bonchev–Trinajstić information content (AvgIpc) is 2.50. The van der Waals surface area contributed by atoms with Crippen LogP contribution in [0.15, 0.2) is 48.5 Å². The van der Waals surface area contributed by atoms with Gasteiger partial charge in [-0.1, -0.05) is 29.8 Å². The highest BCUT2D eigenvalue weighted by molar-refractivity contribution is 6.33. The number of nitrogen functional groups attached to an aromatic ring is 1. The van der Waals surface area contributed by atoms with E-state index in [9.17, 15) is 4.79 Å². The molecule has 1 amide bonds. The zero-order valence-corrected chi connectivity index (χ0v) is 12.8. The Labute approximate surface area is 129 Å². The Morgan fingerprint density at radius 2 is 1.90 bits per heavy atom. The molecule has 110 valence electrons. The van der Waals surface area contributed by atoms with Crippen molar-refractivity contribution in [3.63, 3.8) is 0 Å². The first-order valence-corrected chi connectivity index (χ1v) is 7.00. The van der Waals surface area contributed by atoms with Crippen molar-refractivity contribution in [1.29, 1.82) is 0 Å². The Morgan fingerprint density at radius 3 is 2.52 bits per heavy atom. The fourth-order valence-corrected chi connectivity index (χ4v) is 2.05. The zero-order chi connectivity index (χ0) is 15.4. The highest BCUT2D eigenvalue weighted by atomic mass is 35.5. The van der Waals surface area contributed by atoms with Gasteiger partial charge in [0.1, 0.15) is 6.04 Å². The summed E-state index contributed by atoms with van der Waals surface area (Å²) < 4.78 is 0. The van der Waals surface area contributed by atoms with E-state index in [-0.39, 0.29) is 11.9 Å². The number of para-hydroxylation sites is 1. The summed E-state index contributed by atoms with van der Waals surface area (Å²) >= 11 is 5.86. The molecule has 21 heavy (non-hydrogen) atoms. The molecule has 0 bridgehead atoms. The molecule has 1 unspecified atom stereocenters. The monoisotopic (exact) mass is 303 g/mol. The van der Waals surface area contributed by atoms with Crippen LogP contribution in [0, 0.1) is 0 Å². The van der Waals surface area contributed by atoms with Gasteiger partial charge in [-0.05, 0) is 37.3 Å². The van der Waals surface area contributed by atoms with Crippen molar-refractivity contribution >= 4 is 34.6 Å². The predicted molar refractivity (Wildman–Crippen MR) is 88.8 cm³/mol. The first-order valence-electron chi connectivity index (χ1n) is 6.63. The summed E-state index contributed by atoms with van der Waals surface area (Å²) in [5.74, 6) is -0.108. The van der Waals surface area contributed by atoms with Gasteiger partial charge < -0.3 is 16.0 Å². The van der Waals surface area contributed by atoms with Crippen LogP contribution in [0.25, 0.3) is 0 Å². The van der Waals surface area contributed by atoms with Gasteiger partial charge in [0.2, 0.25) is 5.91 Å². The molecule has 1 atom stereocenters. The summed E-state index contributed by atoms with van der Waals surface area (Å²) in [5.41, 5.74) is 7.79. The summed E-state index contributed by atoms with van der Waals surface area (Å²) in [5, 5.41) is 3.32. The number of hydrogen-bond donors (Lipinski definition) is 2. The Bertz CT molecular complexity index is 631. The van der Waals surface area contributed by atoms with Crippen molar-refractivity contribution in [3.8, 4) is 0 Å². The number of nitrogens with one attached hydrogen (secondary N) is 1. The Morgan fingerprint density at radius 1 is 1.24 bits per heavy atom. The molecule has 4 nitrogen and oxygen atoms in total. The summed E-state index contributed by atoms with van der Waals surface area (Å²) in [4.78, 5) is 14.2. The summed E-state index contributed by atoms with van der Waals surface area (Å²) in [6, 6.07) is 14.5. The number of nitrogens with zero attached hydrogens (tertiary/aromatic N) is 1. The van der Waals surface area contributed by atoms with E-state index in [1.807, 2.05) is 49.2 Å². The molecule has 0 aliphatic heterocycles. The van der Waals surface area contributed by atoms with Crippen molar-refractivity contribution in [3.05, 3.63) is 53.6 Å². The minimum absolute atomic E-state index is 0.108. The van der Waals surface area contributed by atoms with Crippen LogP contribution < -0.4 is 16.0 Å². The van der Waals surface area contributed by atoms with Gasteiger partial charge in [-0.25, -0.2) is 0 Å². The number of likely N-dealkylation sites (N-methyl/N-ethyl adjacent to an activating group) is 1. The van der Waals surface area contributed by atoms with Crippen molar-refractivity contribution < 1.29 is 4.79 Å². The van der Waals surface area contributed by atoms with Gasteiger partial charge in [-0.3, -0.25) is 4.79 Å². The van der Waals surface area contributed by atoms with Gasteiger partial charge in [-0.15, -0.1) is 0 Å². The number of carbonyl (C=O) groups is 1. The molecule has 3 N–H and O–H groups in total. The lowest BCUT2D eigenvalue weighted by Crippen LogP contribution is -2.39. The maximum atomic E-state index is 12.3. The highest BCUT2D eigenvalue weighted by Crippen LogP contribution is 2.23. The van der Waals surface area contributed by atoms with Crippen LogP contribution in [0.3, 0.4) is 0 Å². The molecule has 0 radical (unpaired) electrons. The van der Waals surface area contributed by atoms with Gasteiger partial charge in [0.25, 0.3) is 0 Å². The smallest absolute Gasteiger partial charge is 0.246 e. The third kappa shape index (κ3) is 3.67. The molecule has 0 heterocycles. The van der Waals surface area contributed by atoms with E-state index in [0.29, 0.717) is 16.4 Å². The second-order valence-electron chi connectivity index (χ2n) is 4.85. The number of anilines is 3. The first kappa shape index (κ1) is 15.2. The Balaban J connectivity index is 2.07. The van der Waals surface area contributed by atoms with Crippen molar-refractivity contribution in [2.45, 2.75) is 13.0 Å². The largest absolute Gasteiger partial charge is 0.397 e. The molecular weight excluding hydrogens is 286 g/mol. The van der Waals surface area contributed by atoms with E-state index < -0.39 is 0 Å². The summed E-state index contributed by atoms with van der Waals surface area (Å²) in [6.07, 6.45) is 0. The highest BCUT2D eigenvalue weighted by Gasteiger charge is 2.18. The van der Waals surface area contributed by atoms with Crippen LogP contribution in [-0.2, 0) is 4.79 Å². The third-order valence-corrected chi connectivity index (χ3v) is 3.73. The molecule has 2 aromatic rings. The quantitative estimate of drug-likeness (QED) is 0.851. The number of benzene rings is 2. The van der Waals surface area contributed by atoms with Crippen LogP contribution in [-0.4, -0.2) is 19.0 Å². The van der Waals surface area contributed by atoms with Crippen LogP contribution in [0.4, 0.5) is 17.1 Å². The van der Waals surface area contributed by atoms with E-state index in [1.54, 1.807) is 18.2 Å². The molecule has 0 aromatic heterocycles. The molecule has 2 aromatic carbocycles. The molecule has 5 heteroatoms. The van der Waals surface area contributed by atoms with Crippen molar-refractivity contribution in [1.82, 2.24) is 0 Å². The van der Waals surface area contributed by atoms with Gasteiger partial charge in [0, 0.05) is 18.4 Å². The van der Waals surface area contributed by atoms with E-state index in [0.717, 1.165) is 5.69 Å². The number of nitrogens with two attached hydrogens (primary N) is 1. The fraction of sp³-hybridized carbons (Fsp3) is 0.188. The minimum Gasteiger partial charge on any atom is -0.397 e. The zero-order valence-electron chi connectivity index (χ0n) is 12.0. The normalized spacial score (nSPS) is 11.8. The van der Waals surface area contributed by atoms with E-state index in [1.165, 1.54) is 0 Å². The number of carbonyl (C=O) groups excluding carboxylic acids is 1. The maximum Gasteiger partial charge on any atom is 0.246 e. The average molecular weight is 304 g/mol. The minimum atomic E-state index is -0.315. The fourth-order valence-electron chi connectivity index (χ4n) is 1.93. The molecule has 0 saturated carbocycles. The lowest BCUT2D eigenvalue weighted by Gasteiger charge is -2.26. The lowest BCUT2D eigenvalue weighted by atomic mass is 10.2. The molecule has 0 aliphatic carbocycles.